The van der Waals surface area contributed by atoms with E-state index in [1.807, 2.05) is 0 Å². The van der Waals surface area contributed by atoms with Gasteiger partial charge in [-0.3, -0.25) is 10.1 Å². The van der Waals surface area contributed by atoms with E-state index in [9.17, 15) is 10.1 Å². The van der Waals surface area contributed by atoms with Gasteiger partial charge in [0, 0.05) is 13.1 Å². The smallest absolute Gasteiger partial charge is 0.246 e. The second-order valence-electron chi connectivity index (χ2n) is 7.09. The maximum atomic E-state index is 12.6. The van der Waals surface area contributed by atoms with Crippen LogP contribution in [0, 0.1) is 17.2 Å². The topological polar surface area (TPSA) is 68.5 Å². The van der Waals surface area contributed by atoms with E-state index in [0.717, 1.165) is 45.2 Å². The van der Waals surface area contributed by atoms with Gasteiger partial charge in [-0.1, -0.05) is 43.5 Å². The third kappa shape index (κ3) is 2.47. The first-order valence-electron chi connectivity index (χ1n) is 8.84. The van der Waals surface area contributed by atoms with Gasteiger partial charge in [0.1, 0.15) is 0 Å². The van der Waals surface area contributed by atoms with E-state index in [0.29, 0.717) is 5.96 Å². The maximum Gasteiger partial charge on any atom is 0.246 e. The monoisotopic (exact) mass is 322 g/mol. The lowest BCUT2D eigenvalue weighted by Gasteiger charge is -2.42. The summed E-state index contributed by atoms with van der Waals surface area (Å²) in [6.45, 7) is 1.62. The molecule has 3 aliphatic rings. The lowest BCUT2D eigenvalue weighted by Crippen LogP contribution is -2.58. The van der Waals surface area contributed by atoms with Crippen LogP contribution in [0.3, 0.4) is 0 Å². The molecule has 2 heterocycles. The van der Waals surface area contributed by atoms with Gasteiger partial charge in [-0.05, 0) is 30.4 Å². The summed E-state index contributed by atoms with van der Waals surface area (Å²) in [5, 5.41) is 12.4. The molecule has 5 heteroatoms. The van der Waals surface area contributed by atoms with Gasteiger partial charge < -0.3 is 4.90 Å². The Kier molecular flexibility index (Phi) is 3.76. The Labute approximate surface area is 142 Å². The summed E-state index contributed by atoms with van der Waals surface area (Å²) >= 11 is 0. The average molecular weight is 322 g/mol. The van der Waals surface area contributed by atoms with Crippen LogP contribution in [0.5, 0.6) is 0 Å². The van der Waals surface area contributed by atoms with Crippen LogP contribution >= 0.6 is 0 Å². The van der Waals surface area contributed by atoms with Crippen LogP contribution in [0.4, 0.5) is 0 Å². The van der Waals surface area contributed by atoms with Crippen molar-refractivity contribution in [3.05, 3.63) is 35.4 Å². The molecule has 4 rings (SSSR count). The van der Waals surface area contributed by atoms with Gasteiger partial charge in [0.25, 0.3) is 0 Å². The Morgan fingerprint density at radius 2 is 1.96 bits per heavy atom. The normalized spacial score (nSPS) is 25.5. The summed E-state index contributed by atoms with van der Waals surface area (Å²) in [7, 11) is 0. The average Bonchev–Trinajstić information content (AvgIpc) is 2.62. The van der Waals surface area contributed by atoms with Crippen LogP contribution in [0.25, 0.3) is 0 Å². The summed E-state index contributed by atoms with van der Waals surface area (Å²) in [5.74, 6) is -0.162. The van der Waals surface area contributed by atoms with Gasteiger partial charge in [-0.2, -0.15) is 5.26 Å². The molecule has 0 saturated heterocycles. The SMILES string of the molecule is N#C[C@H]1C(=O)NC(N2CCc3ccccc3C2)=NC12CCCCC2. The zero-order valence-corrected chi connectivity index (χ0v) is 13.8. The first-order valence-corrected chi connectivity index (χ1v) is 8.84. The van der Waals surface area contributed by atoms with Crippen molar-refractivity contribution in [2.24, 2.45) is 10.9 Å². The summed E-state index contributed by atoms with van der Waals surface area (Å²) in [6, 6.07) is 10.7. The molecular formula is C19H22N4O. The number of fused-ring (bicyclic) bond motifs is 1. The minimum atomic E-state index is -0.654. The van der Waals surface area contributed by atoms with Gasteiger partial charge in [0.2, 0.25) is 11.9 Å². The highest BCUT2D eigenvalue weighted by Crippen LogP contribution is 2.40. The summed E-state index contributed by atoms with van der Waals surface area (Å²) in [5.41, 5.74) is 2.15. The van der Waals surface area contributed by atoms with Gasteiger partial charge in [-0.15, -0.1) is 0 Å². The second kappa shape index (κ2) is 5.94. The van der Waals surface area contributed by atoms with E-state index in [1.54, 1.807) is 0 Å². The van der Waals surface area contributed by atoms with Gasteiger partial charge >= 0.3 is 0 Å². The van der Waals surface area contributed by atoms with Crippen molar-refractivity contribution in [1.29, 1.82) is 5.26 Å². The molecule has 1 aromatic rings. The van der Waals surface area contributed by atoms with Gasteiger partial charge in [0.15, 0.2) is 5.92 Å². The molecule has 1 amide bonds. The van der Waals surface area contributed by atoms with Crippen LogP contribution in [-0.4, -0.2) is 28.9 Å². The molecule has 24 heavy (non-hydrogen) atoms. The third-order valence-corrected chi connectivity index (χ3v) is 5.64. The van der Waals surface area contributed by atoms with Crippen molar-refractivity contribution in [3.8, 4) is 6.07 Å². The highest BCUT2D eigenvalue weighted by Gasteiger charge is 2.48. The molecule has 2 aliphatic heterocycles. The highest BCUT2D eigenvalue weighted by molar-refractivity contribution is 6.02. The molecule has 1 atom stereocenters. The Hall–Kier alpha value is -2.35. The standard InChI is InChI=1S/C19H22N4O/c20-12-16-17(24)21-18(22-19(16)9-4-1-5-10-19)23-11-8-14-6-2-3-7-15(14)13-23/h2-3,6-7,16H,1,4-5,8-11,13H2,(H,21,22,24)/t16-/m0/s1. The quantitative estimate of drug-likeness (QED) is 0.797. The Morgan fingerprint density at radius 3 is 2.71 bits per heavy atom. The minimum absolute atomic E-state index is 0.178. The predicted molar refractivity (Wildman–Crippen MR) is 91.1 cm³/mol. The molecule has 0 unspecified atom stereocenters. The first kappa shape index (κ1) is 15.2. The molecule has 0 bridgehead atoms. The van der Waals surface area contributed by atoms with Gasteiger partial charge in [-0.25, -0.2) is 4.99 Å². The fourth-order valence-corrected chi connectivity index (χ4v) is 4.30. The van der Waals surface area contributed by atoms with Crippen molar-refractivity contribution in [2.45, 2.75) is 50.6 Å². The molecule has 1 aliphatic carbocycles. The van der Waals surface area contributed by atoms with E-state index >= 15 is 0 Å². The summed E-state index contributed by atoms with van der Waals surface area (Å²) in [6.07, 6.45) is 5.90. The summed E-state index contributed by atoms with van der Waals surface area (Å²) in [4.78, 5) is 19.7. The molecule has 1 fully saturated rings. The number of carbonyl (C=O) groups excluding carboxylic acids is 1. The molecular weight excluding hydrogens is 300 g/mol. The summed E-state index contributed by atoms with van der Waals surface area (Å²) < 4.78 is 0. The zero-order chi connectivity index (χ0) is 16.6. The van der Waals surface area contributed by atoms with Gasteiger partial charge in [0.05, 0.1) is 11.6 Å². The Bertz CT molecular complexity index is 727. The number of carbonyl (C=O) groups is 1. The number of nitriles is 1. The van der Waals surface area contributed by atoms with Crippen LogP contribution in [0.1, 0.15) is 43.2 Å². The number of aliphatic imine (C=N–C) groups is 1. The van der Waals surface area contributed by atoms with E-state index in [1.165, 1.54) is 17.5 Å². The fourth-order valence-electron chi connectivity index (χ4n) is 4.30. The third-order valence-electron chi connectivity index (χ3n) is 5.64. The number of benzene rings is 1. The second-order valence-corrected chi connectivity index (χ2v) is 7.09. The molecule has 0 radical (unpaired) electrons. The molecule has 1 aromatic carbocycles. The van der Waals surface area contributed by atoms with Crippen LogP contribution in [0.2, 0.25) is 0 Å². The molecule has 5 nitrogen and oxygen atoms in total. The lowest BCUT2D eigenvalue weighted by atomic mass is 9.72. The van der Waals surface area contributed by atoms with Crippen LogP contribution in [-0.2, 0) is 17.8 Å². The number of amides is 1. The van der Waals surface area contributed by atoms with Crippen LogP contribution in [0.15, 0.2) is 29.3 Å². The maximum absolute atomic E-state index is 12.6. The van der Waals surface area contributed by atoms with Crippen LogP contribution < -0.4 is 5.32 Å². The Balaban J connectivity index is 1.66. The number of hydrogen-bond donors (Lipinski definition) is 1. The van der Waals surface area contributed by atoms with E-state index in [2.05, 4.69) is 40.6 Å². The van der Waals surface area contributed by atoms with Crippen molar-refractivity contribution >= 4 is 11.9 Å². The highest BCUT2D eigenvalue weighted by atomic mass is 16.2. The molecule has 1 N–H and O–H groups in total. The van der Waals surface area contributed by atoms with Crippen molar-refractivity contribution in [1.82, 2.24) is 10.2 Å². The first-order chi connectivity index (χ1) is 11.7. The largest absolute Gasteiger partial charge is 0.338 e. The number of nitrogens with one attached hydrogen (secondary N) is 1. The molecule has 1 saturated carbocycles. The lowest BCUT2D eigenvalue weighted by molar-refractivity contribution is -0.125. The minimum Gasteiger partial charge on any atom is -0.338 e. The number of rotatable bonds is 0. The van der Waals surface area contributed by atoms with Crippen molar-refractivity contribution < 1.29 is 4.79 Å². The molecule has 124 valence electrons. The number of nitrogens with zero attached hydrogens (tertiary/aromatic N) is 3. The number of guanidine groups is 1. The van der Waals surface area contributed by atoms with Crippen molar-refractivity contribution in [2.75, 3.05) is 6.54 Å². The van der Waals surface area contributed by atoms with E-state index < -0.39 is 11.5 Å². The van der Waals surface area contributed by atoms with E-state index in [-0.39, 0.29) is 5.91 Å². The fraction of sp³-hybridized carbons (Fsp3) is 0.526. The molecule has 1 spiro atoms. The van der Waals surface area contributed by atoms with E-state index in [4.69, 9.17) is 4.99 Å². The number of hydrogen-bond acceptors (Lipinski definition) is 4. The molecule has 0 aromatic heterocycles. The predicted octanol–water partition coefficient (Wildman–Crippen LogP) is 2.37. The Morgan fingerprint density at radius 1 is 1.21 bits per heavy atom. The van der Waals surface area contributed by atoms with Crippen molar-refractivity contribution in [3.63, 3.8) is 0 Å². The zero-order valence-electron chi connectivity index (χ0n) is 13.8.